The molecule has 0 heterocycles. The molecule has 0 saturated carbocycles. The highest BCUT2D eigenvalue weighted by atomic mass is 16.5. The van der Waals surface area contributed by atoms with Gasteiger partial charge in [0.05, 0.1) is 26.2 Å². The Morgan fingerprint density at radius 1 is 1.12 bits per heavy atom. The maximum Gasteiger partial charge on any atom is 0.309 e. The standard InChI is InChI=1S/C20H25NO4/c1-24-20(23)14-16-8-10-18(11-9-16)25-13-5-12-21-15-19(22)17-6-3-2-4-7-17/h2-4,6-11,19,21-22H,5,12-15H2,1H3/t19-/m1/s1. The summed E-state index contributed by atoms with van der Waals surface area (Å²) in [4.78, 5) is 11.2. The topological polar surface area (TPSA) is 67.8 Å². The van der Waals surface area contributed by atoms with Crippen LogP contribution in [0.5, 0.6) is 5.75 Å². The van der Waals surface area contributed by atoms with Gasteiger partial charge < -0.3 is 19.9 Å². The monoisotopic (exact) mass is 343 g/mol. The number of esters is 1. The maximum absolute atomic E-state index is 11.2. The van der Waals surface area contributed by atoms with Crippen molar-refractivity contribution < 1.29 is 19.4 Å². The first-order valence-corrected chi connectivity index (χ1v) is 8.41. The zero-order valence-electron chi connectivity index (χ0n) is 14.5. The first-order valence-electron chi connectivity index (χ1n) is 8.41. The second-order valence-corrected chi connectivity index (χ2v) is 5.73. The van der Waals surface area contributed by atoms with E-state index in [-0.39, 0.29) is 12.4 Å². The van der Waals surface area contributed by atoms with Crippen LogP contribution in [-0.4, -0.2) is 37.9 Å². The molecule has 5 nitrogen and oxygen atoms in total. The Balaban J connectivity index is 1.59. The molecule has 0 spiro atoms. The third kappa shape index (κ3) is 6.95. The summed E-state index contributed by atoms with van der Waals surface area (Å²) >= 11 is 0. The molecule has 0 aliphatic rings. The largest absolute Gasteiger partial charge is 0.494 e. The Morgan fingerprint density at radius 3 is 2.52 bits per heavy atom. The van der Waals surface area contributed by atoms with Gasteiger partial charge in [-0.25, -0.2) is 0 Å². The fraction of sp³-hybridized carbons (Fsp3) is 0.350. The number of aliphatic hydroxyl groups is 1. The van der Waals surface area contributed by atoms with Crippen LogP contribution in [0.15, 0.2) is 54.6 Å². The summed E-state index contributed by atoms with van der Waals surface area (Å²) in [6.07, 6.45) is 0.611. The average Bonchev–Trinajstić information content (AvgIpc) is 2.66. The van der Waals surface area contributed by atoms with Crippen LogP contribution >= 0.6 is 0 Å². The van der Waals surface area contributed by atoms with Crippen molar-refractivity contribution in [2.75, 3.05) is 26.8 Å². The summed E-state index contributed by atoms with van der Waals surface area (Å²) in [6, 6.07) is 17.0. The van der Waals surface area contributed by atoms with Crippen molar-refractivity contribution in [3.63, 3.8) is 0 Å². The van der Waals surface area contributed by atoms with E-state index >= 15 is 0 Å². The number of hydrogen-bond acceptors (Lipinski definition) is 5. The van der Waals surface area contributed by atoms with E-state index in [2.05, 4.69) is 10.1 Å². The predicted octanol–water partition coefficient (Wildman–Crippen LogP) is 2.49. The molecular formula is C20H25NO4. The van der Waals surface area contributed by atoms with Crippen molar-refractivity contribution in [2.24, 2.45) is 0 Å². The number of hydrogen-bond donors (Lipinski definition) is 2. The van der Waals surface area contributed by atoms with Gasteiger partial charge in [0.15, 0.2) is 0 Å². The Kier molecular flexibility index (Phi) is 7.95. The number of carbonyl (C=O) groups is 1. The van der Waals surface area contributed by atoms with Crippen LogP contribution in [0.4, 0.5) is 0 Å². The van der Waals surface area contributed by atoms with Crippen molar-refractivity contribution >= 4 is 5.97 Å². The minimum atomic E-state index is -0.496. The molecule has 0 fully saturated rings. The number of aliphatic hydroxyl groups excluding tert-OH is 1. The van der Waals surface area contributed by atoms with Gasteiger partial charge in [-0.05, 0) is 36.2 Å². The van der Waals surface area contributed by atoms with E-state index < -0.39 is 6.10 Å². The van der Waals surface area contributed by atoms with Crippen LogP contribution in [0.1, 0.15) is 23.7 Å². The lowest BCUT2D eigenvalue weighted by Crippen LogP contribution is -2.23. The van der Waals surface area contributed by atoms with E-state index in [0.29, 0.717) is 13.2 Å². The number of carbonyl (C=O) groups excluding carboxylic acids is 1. The van der Waals surface area contributed by atoms with E-state index in [1.54, 1.807) is 0 Å². The third-order valence-electron chi connectivity index (χ3n) is 3.79. The summed E-state index contributed by atoms with van der Waals surface area (Å²) in [5.41, 5.74) is 1.81. The molecule has 1 atom stereocenters. The number of ether oxygens (including phenoxy) is 2. The minimum Gasteiger partial charge on any atom is -0.494 e. The lowest BCUT2D eigenvalue weighted by molar-refractivity contribution is -0.139. The molecule has 0 unspecified atom stereocenters. The number of rotatable bonds is 10. The first kappa shape index (κ1) is 19.0. The zero-order valence-corrected chi connectivity index (χ0v) is 14.5. The summed E-state index contributed by atoms with van der Waals surface area (Å²) in [5, 5.41) is 13.3. The highest BCUT2D eigenvalue weighted by Crippen LogP contribution is 2.13. The molecule has 0 radical (unpaired) electrons. The molecule has 0 aliphatic carbocycles. The molecule has 134 valence electrons. The molecule has 25 heavy (non-hydrogen) atoms. The molecule has 2 N–H and O–H groups in total. The number of nitrogens with one attached hydrogen (secondary N) is 1. The van der Waals surface area contributed by atoms with Crippen LogP contribution in [0.3, 0.4) is 0 Å². The molecule has 2 aromatic rings. The highest BCUT2D eigenvalue weighted by molar-refractivity contribution is 5.72. The second kappa shape index (κ2) is 10.5. The highest BCUT2D eigenvalue weighted by Gasteiger charge is 2.05. The van der Waals surface area contributed by atoms with Gasteiger partial charge in [-0.2, -0.15) is 0 Å². The molecule has 0 aromatic heterocycles. The first-order chi connectivity index (χ1) is 12.2. The van der Waals surface area contributed by atoms with Gasteiger partial charge in [0.1, 0.15) is 5.75 Å². The molecule has 0 aliphatic heterocycles. The van der Waals surface area contributed by atoms with Crippen LogP contribution in [0.2, 0.25) is 0 Å². The van der Waals surface area contributed by atoms with Crippen molar-refractivity contribution in [3.8, 4) is 5.75 Å². The van der Waals surface area contributed by atoms with Crippen molar-refractivity contribution in [3.05, 3.63) is 65.7 Å². The van der Waals surface area contributed by atoms with E-state index in [1.807, 2.05) is 54.6 Å². The van der Waals surface area contributed by atoms with E-state index in [4.69, 9.17) is 4.74 Å². The predicted molar refractivity (Wildman–Crippen MR) is 96.5 cm³/mol. The lowest BCUT2D eigenvalue weighted by atomic mass is 10.1. The summed E-state index contributed by atoms with van der Waals surface area (Å²) in [6.45, 7) is 1.88. The third-order valence-corrected chi connectivity index (χ3v) is 3.79. The average molecular weight is 343 g/mol. The van der Waals surface area contributed by atoms with Crippen LogP contribution in [0.25, 0.3) is 0 Å². The van der Waals surface area contributed by atoms with Crippen LogP contribution in [-0.2, 0) is 16.0 Å². The quantitative estimate of drug-likeness (QED) is 0.512. The molecule has 2 aromatic carbocycles. The smallest absolute Gasteiger partial charge is 0.309 e. The summed E-state index contributed by atoms with van der Waals surface area (Å²) < 4.78 is 10.3. The fourth-order valence-corrected chi connectivity index (χ4v) is 2.36. The van der Waals surface area contributed by atoms with Crippen molar-refractivity contribution in [2.45, 2.75) is 18.9 Å². The van der Waals surface area contributed by atoms with Crippen LogP contribution < -0.4 is 10.1 Å². The second-order valence-electron chi connectivity index (χ2n) is 5.73. The molecule has 2 rings (SSSR count). The van der Waals surface area contributed by atoms with Gasteiger partial charge in [0.2, 0.25) is 0 Å². The van der Waals surface area contributed by atoms with Gasteiger partial charge in [-0.3, -0.25) is 4.79 Å². The molecule has 0 amide bonds. The summed E-state index contributed by atoms with van der Waals surface area (Å²) in [5.74, 6) is 0.523. The Hall–Kier alpha value is -2.37. The lowest BCUT2D eigenvalue weighted by Gasteiger charge is -2.12. The van der Waals surface area contributed by atoms with Crippen molar-refractivity contribution in [1.29, 1.82) is 0 Å². The van der Waals surface area contributed by atoms with Gasteiger partial charge in [0, 0.05) is 6.54 Å². The van der Waals surface area contributed by atoms with Crippen molar-refractivity contribution in [1.82, 2.24) is 5.32 Å². The Labute approximate surface area is 148 Å². The summed E-state index contributed by atoms with van der Waals surface area (Å²) in [7, 11) is 1.38. The van der Waals surface area contributed by atoms with E-state index in [0.717, 1.165) is 29.8 Å². The zero-order chi connectivity index (χ0) is 17.9. The van der Waals surface area contributed by atoms with E-state index in [9.17, 15) is 9.90 Å². The number of methoxy groups -OCH3 is 1. The maximum atomic E-state index is 11.2. The SMILES string of the molecule is COC(=O)Cc1ccc(OCCCNC[C@@H](O)c2ccccc2)cc1. The molecule has 5 heteroatoms. The Bertz CT molecular complexity index is 628. The fourth-order valence-electron chi connectivity index (χ4n) is 2.36. The van der Waals surface area contributed by atoms with Crippen LogP contribution in [0, 0.1) is 0 Å². The van der Waals surface area contributed by atoms with Gasteiger partial charge >= 0.3 is 5.97 Å². The molecular weight excluding hydrogens is 318 g/mol. The van der Waals surface area contributed by atoms with E-state index in [1.165, 1.54) is 7.11 Å². The Morgan fingerprint density at radius 2 is 1.84 bits per heavy atom. The normalized spacial score (nSPS) is 11.8. The molecule has 0 saturated heterocycles. The van der Waals surface area contributed by atoms with Gasteiger partial charge in [0.25, 0.3) is 0 Å². The molecule has 0 bridgehead atoms. The van der Waals surface area contributed by atoms with Gasteiger partial charge in [-0.15, -0.1) is 0 Å². The number of benzene rings is 2. The minimum absolute atomic E-state index is 0.252. The van der Waals surface area contributed by atoms with Gasteiger partial charge in [-0.1, -0.05) is 42.5 Å².